The van der Waals surface area contributed by atoms with Crippen molar-refractivity contribution >= 4 is 24.2 Å². The number of hydrogen-bond acceptors (Lipinski definition) is 6. The van der Waals surface area contributed by atoms with Crippen molar-refractivity contribution in [2.45, 2.75) is 45.1 Å². The lowest BCUT2D eigenvalue weighted by Crippen LogP contribution is -2.74. The molecule has 1 aromatic carbocycles. The number of piperidine rings is 1. The van der Waals surface area contributed by atoms with Gasteiger partial charge in [-0.05, 0) is 45.0 Å². The lowest BCUT2D eigenvalue weighted by Gasteiger charge is -2.61. The van der Waals surface area contributed by atoms with Gasteiger partial charge in [-0.1, -0.05) is 60.7 Å². The van der Waals surface area contributed by atoms with E-state index in [-0.39, 0.29) is 29.4 Å². The summed E-state index contributed by atoms with van der Waals surface area (Å²) in [6.07, 6.45) is 10.1. The van der Waals surface area contributed by atoms with Crippen molar-refractivity contribution < 1.29 is 14.6 Å². The van der Waals surface area contributed by atoms with Crippen LogP contribution in [-0.4, -0.2) is 95.6 Å². The van der Waals surface area contributed by atoms with Gasteiger partial charge in [0.2, 0.25) is 0 Å². The molecule has 8 nitrogen and oxygen atoms in total. The van der Waals surface area contributed by atoms with Crippen LogP contribution in [0.5, 0.6) is 0 Å². The molecule has 4 atom stereocenters. The second kappa shape index (κ2) is 10.7. The molecule has 0 bridgehead atoms. The predicted molar refractivity (Wildman–Crippen MR) is 155 cm³/mol. The number of amides is 1. The molecule has 3 heterocycles. The van der Waals surface area contributed by atoms with Gasteiger partial charge in [-0.3, -0.25) is 15.3 Å². The molecule has 8 heteroatoms. The van der Waals surface area contributed by atoms with E-state index in [1.807, 2.05) is 51.1 Å². The van der Waals surface area contributed by atoms with Crippen molar-refractivity contribution in [2.75, 3.05) is 39.3 Å². The molecule has 3 fully saturated rings. The number of aliphatic hydroxyl groups is 1. The molecule has 4 unspecified atom stereocenters. The zero-order valence-corrected chi connectivity index (χ0v) is 23.3. The van der Waals surface area contributed by atoms with Crippen LogP contribution in [0.2, 0.25) is 0 Å². The van der Waals surface area contributed by atoms with E-state index in [0.29, 0.717) is 32.0 Å². The maximum absolute atomic E-state index is 12.3. The molecule has 0 aromatic heterocycles. The molecule has 4 aliphatic rings. The van der Waals surface area contributed by atoms with Gasteiger partial charge in [0.25, 0.3) is 0 Å². The molecular weight excluding hydrogens is 490 g/mol. The molecule has 1 amide bonds. The van der Waals surface area contributed by atoms with Gasteiger partial charge in [-0.25, -0.2) is 4.79 Å². The van der Waals surface area contributed by atoms with Gasteiger partial charge in [-0.2, -0.15) is 0 Å². The number of rotatable bonds is 5. The maximum Gasteiger partial charge on any atom is 0.410 e. The van der Waals surface area contributed by atoms with Gasteiger partial charge < -0.3 is 19.6 Å². The summed E-state index contributed by atoms with van der Waals surface area (Å²) >= 11 is 0. The Hall–Kier alpha value is -3.23. The quantitative estimate of drug-likeness (QED) is 0.442. The van der Waals surface area contributed by atoms with Crippen LogP contribution in [0.3, 0.4) is 0 Å². The first-order chi connectivity index (χ1) is 18.6. The van der Waals surface area contributed by atoms with Crippen molar-refractivity contribution in [3.63, 3.8) is 0 Å². The Bertz CT molecular complexity index is 1170. The molecule has 3 saturated heterocycles. The highest BCUT2D eigenvalue weighted by atomic mass is 16.6. The van der Waals surface area contributed by atoms with Crippen molar-refractivity contribution in [1.82, 2.24) is 14.7 Å². The number of ether oxygens (including phenoxy) is 1. The fourth-order valence-corrected chi connectivity index (χ4v) is 6.17. The fourth-order valence-electron chi connectivity index (χ4n) is 6.17. The Morgan fingerprint density at radius 3 is 2.51 bits per heavy atom. The summed E-state index contributed by atoms with van der Waals surface area (Å²) in [6.45, 7) is 13.6. The number of likely N-dealkylation sites (tertiary alicyclic amines) is 3. The zero-order chi connectivity index (χ0) is 27.8. The number of carbonyl (C=O) groups excluding carboxylic acids is 1. The number of hydrogen-bond donors (Lipinski definition) is 2. The molecular formula is C31H41N5O3. The minimum Gasteiger partial charge on any atom is -0.444 e. The summed E-state index contributed by atoms with van der Waals surface area (Å²) < 4.78 is 5.49. The Morgan fingerprint density at radius 2 is 1.85 bits per heavy atom. The van der Waals surface area contributed by atoms with Crippen LogP contribution in [0.1, 0.15) is 32.8 Å². The first-order valence-corrected chi connectivity index (χ1v) is 13.9. The second-order valence-corrected chi connectivity index (χ2v) is 12.4. The molecule has 5 rings (SSSR count). The lowest BCUT2D eigenvalue weighted by molar-refractivity contribution is -0.0919. The van der Waals surface area contributed by atoms with E-state index >= 15 is 0 Å². The SMILES string of the molecule is C=NC1CCN(C(O)C2C=CC=C(c3ccccc3)C=C2)CC1C(=N)N1CC2(C1)CN(C(=O)OC(C)(C)C)C2. The molecule has 0 radical (unpaired) electrons. The highest BCUT2D eigenvalue weighted by molar-refractivity contribution is 5.84. The summed E-state index contributed by atoms with van der Waals surface area (Å²) in [6, 6.07) is 10.2. The number of aliphatic imine (C=N–C) groups is 1. The Morgan fingerprint density at radius 1 is 1.15 bits per heavy atom. The van der Waals surface area contributed by atoms with Gasteiger partial charge in [0, 0.05) is 50.6 Å². The number of amidine groups is 1. The highest BCUT2D eigenvalue weighted by Gasteiger charge is 2.55. The normalized spacial score (nSPS) is 27.2. The van der Waals surface area contributed by atoms with Crippen molar-refractivity contribution in [3.05, 3.63) is 66.3 Å². The van der Waals surface area contributed by atoms with E-state index < -0.39 is 11.8 Å². The zero-order valence-electron chi connectivity index (χ0n) is 23.3. The van der Waals surface area contributed by atoms with Crippen LogP contribution in [-0.2, 0) is 4.74 Å². The number of benzene rings is 1. The molecule has 1 spiro atoms. The van der Waals surface area contributed by atoms with E-state index in [1.165, 1.54) is 0 Å². The predicted octanol–water partition coefficient (Wildman–Crippen LogP) is 4.05. The van der Waals surface area contributed by atoms with Crippen molar-refractivity contribution in [1.29, 1.82) is 5.41 Å². The van der Waals surface area contributed by atoms with E-state index in [2.05, 4.69) is 51.9 Å². The van der Waals surface area contributed by atoms with Crippen LogP contribution >= 0.6 is 0 Å². The molecule has 39 heavy (non-hydrogen) atoms. The van der Waals surface area contributed by atoms with Gasteiger partial charge in [0.1, 0.15) is 17.7 Å². The largest absolute Gasteiger partial charge is 0.444 e. The third-order valence-corrected chi connectivity index (χ3v) is 8.22. The topological polar surface area (TPSA) is 92.5 Å². The second-order valence-electron chi connectivity index (χ2n) is 12.4. The van der Waals surface area contributed by atoms with E-state index in [0.717, 1.165) is 30.6 Å². The summed E-state index contributed by atoms with van der Waals surface area (Å²) in [7, 11) is 0. The average Bonchev–Trinajstić information content (AvgIpc) is 3.12. The number of nitrogens with one attached hydrogen (secondary N) is 1. The third kappa shape index (κ3) is 5.87. The molecule has 2 N–H and O–H groups in total. The molecule has 208 valence electrons. The Balaban J connectivity index is 1.17. The summed E-state index contributed by atoms with van der Waals surface area (Å²) in [5, 5.41) is 20.4. The van der Waals surface area contributed by atoms with E-state index in [1.54, 1.807) is 4.90 Å². The number of allylic oxidation sites excluding steroid dienone is 4. The number of aliphatic hydroxyl groups excluding tert-OH is 1. The van der Waals surface area contributed by atoms with Gasteiger partial charge in [-0.15, -0.1) is 0 Å². The number of carbonyl (C=O) groups is 1. The van der Waals surface area contributed by atoms with Gasteiger partial charge >= 0.3 is 6.09 Å². The summed E-state index contributed by atoms with van der Waals surface area (Å²) in [4.78, 5) is 22.6. The van der Waals surface area contributed by atoms with Crippen LogP contribution in [0.15, 0.2) is 65.7 Å². The summed E-state index contributed by atoms with van der Waals surface area (Å²) in [5.74, 6) is 0.291. The van der Waals surface area contributed by atoms with Crippen LogP contribution in [0, 0.1) is 22.7 Å². The highest BCUT2D eigenvalue weighted by Crippen LogP contribution is 2.41. The molecule has 3 aliphatic heterocycles. The minimum absolute atomic E-state index is 0.0382. The van der Waals surface area contributed by atoms with E-state index in [4.69, 9.17) is 10.1 Å². The van der Waals surface area contributed by atoms with Crippen LogP contribution in [0.25, 0.3) is 5.57 Å². The van der Waals surface area contributed by atoms with Crippen molar-refractivity contribution in [2.24, 2.45) is 22.2 Å². The third-order valence-electron chi connectivity index (χ3n) is 8.22. The summed E-state index contributed by atoms with van der Waals surface area (Å²) in [5.41, 5.74) is 1.81. The number of nitrogens with zero attached hydrogens (tertiary/aromatic N) is 4. The van der Waals surface area contributed by atoms with Gasteiger partial charge in [0.05, 0.1) is 12.0 Å². The molecule has 1 aliphatic carbocycles. The smallest absolute Gasteiger partial charge is 0.410 e. The van der Waals surface area contributed by atoms with E-state index in [9.17, 15) is 9.90 Å². The minimum atomic E-state index is -0.682. The maximum atomic E-state index is 12.3. The molecule has 1 aromatic rings. The standard InChI is InChI=1S/C31H41N5O3/c1-30(2,3)39-29(38)36-20-31(21-36)18-35(19-31)27(32)25-17-34(16-15-26(25)33-4)28(37)24-12-8-11-23(13-14-24)22-9-6-5-7-10-22/h5-14,24-26,28,32,37H,4,15-21H2,1-3H3. The first-order valence-electron chi connectivity index (χ1n) is 13.9. The molecule has 0 saturated carbocycles. The lowest BCUT2D eigenvalue weighted by atomic mass is 9.72. The Kier molecular flexibility index (Phi) is 7.53. The monoisotopic (exact) mass is 531 g/mol. The van der Waals surface area contributed by atoms with Gasteiger partial charge in [0.15, 0.2) is 0 Å². The fraction of sp³-hybridized carbons (Fsp3) is 0.516. The van der Waals surface area contributed by atoms with Crippen LogP contribution in [0.4, 0.5) is 4.79 Å². The van der Waals surface area contributed by atoms with Crippen molar-refractivity contribution in [3.8, 4) is 0 Å². The average molecular weight is 532 g/mol. The first kappa shape index (κ1) is 27.3. The van der Waals surface area contributed by atoms with Crippen LogP contribution < -0.4 is 0 Å². The Labute approximate surface area is 231 Å².